The molecule has 0 fully saturated rings. The first-order valence-corrected chi connectivity index (χ1v) is 8.62. The van der Waals surface area contributed by atoms with Gasteiger partial charge in [0.2, 0.25) is 11.8 Å². The summed E-state index contributed by atoms with van der Waals surface area (Å²) in [5.41, 5.74) is 1.30. The van der Waals surface area contributed by atoms with Gasteiger partial charge in [-0.1, -0.05) is 19.0 Å². The summed E-state index contributed by atoms with van der Waals surface area (Å²) in [7, 11) is 0. The minimum atomic E-state index is 0.161. The molecular weight excluding hydrogens is 298 g/mol. The smallest absolute Gasteiger partial charge is 0.227 e. The zero-order valence-electron chi connectivity index (χ0n) is 13.2. The summed E-state index contributed by atoms with van der Waals surface area (Å²) >= 11 is 1.79. The Bertz CT molecular complexity index is 662. The maximum absolute atomic E-state index is 12.5. The van der Waals surface area contributed by atoms with Crippen molar-refractivity contribution >= 4 is 17.2 Å². The van der Waals surface area contributed by atoms with Crippen molar-refractivity contribution in [3.63, 3.8) is 0 Å². The van der Waals surface area contributed by atoms with Crippen LogP contribution in [0.1, 0.15) is 61.3 Å². The van der Waals surface area contributed by atoms with Crippen LogP contribution in [0, 0.1) is 0 Å². The molecule has 0 bridgehead atoms. The summed E-state index contributed by atoms with van der Waals surface area (Å²) in [4.78, 5) is 20.2. The number of carbonyl (C=O) groups is 1. The zero-order valence-corrected chi connectivity index (χ0v) is 14.0. The van der Waals surface area contributed by atoms with Gasteiger partial charge in [0.1, 0.15) is 0 Å². The molecular formula is C16H21N3O2S. The number of thiophene rings is 1. The van der Waals surface area contributed by atoms with E-state index in [-0.39, 0.29) is 17.9 Å². The Morgan fingerprint density at radius 2 is 2.36 bits per heavy atom. The van der Waals surface area contributed by atoms with E-state index in [0.717, 1.165) is 13.0 Å². The van der Waals surface area contributed by atoms with Gasteiger partial charge < -0.3 is 9.42 Å². The Labute approximate surface area is 134 Å². The van der Waals surface area contributed by atoms with Gasteiger partial charge in [0.05, 0.1) is 6.04 Å². The summed E-state index contributed by atoms with van der Waals surface area (Å²) in [6.45, 7) is 6.95. The molecule has 0 radical (unpaired) electrons. The number of carbonyl (C=O) groups excluding carboxylic acids is 1. The fraction of sp³-hybridized carbons (Fsp3) is 0.562. The SMILES string of the molecule is CC(C)c1noc(CCC(=O)N2CCc3sccc3[C@H]2C)n1. The first-order valence-electron chi connectivity index (χ1n) is 7.74. The Morgan fingerprint density at radius 1 is 1.55 bits per heavy atom. The average molecular weight is 319 g/mol. The van der Waals surface area contributed by atoms with E-state index in [0.29, 0.717) is 24.6 Å². The topological polar surface area (TPSA) is 59.2 Å². The molecule has 0 aromatic carbocycles. The van der Waals surface area contributed by atoms with Crippen LogP contribution in [-0.2, 0) is 17.6 Å². The molecule has 2 aromatic rings. The van der Waals surface area contributed by atoms with Gasteiger partial charge in [0.25, 0.3) is 0 Å². The summed E-state index contributed by atoms with van der Waals surface area (Å²) < 4.78 is 5.20. The number of nitrogens with zero attached hydrogens (tertiary/aromatic N) is 3. The third kappa shape index (κ3) is 2.92. The van der Waals surface area contributed by atoms with E-state index >= 15 is 0 Å². The zero-order chi connectivity index (χ0) is 15.7. The number of hydrogen-bond acceptors (Lipinski definition) is 5. The van der Waals surface area contributed by atoms with E-state index in [9.17, 15) is 4.79 Å². The minimum absolute atomic E-state index is 0.161. The fourth-order valence-corrected chi connectivity index (χ4v) is 3.77. The highest BCUT2D eigenvalue weighted by atomic mass is 32.1. The Hall–Kier alpha value is -1.69. The van der Waals surface area contributed by atoms with E-state index < -0.39 is 0 Å². The number of fused-ring (bicyclic) bond motifs is 1. The van der Waals surface area contributed by atoms with Crippen LogP contribution in [0.25, 0.3) is 0 Å². The molecule has 0 saturated carbocycles. The third-order valence-electron chi connectivity index (χ3n) is 4.15. The Balaban J connectivity index is 1.60. The van der Waals surface area contributed by atoms with Crippen molar-refractivity contribution in [1.82, 2.24) is 15.0 Å². The lowest BCUT2D eigenvalue weighted by Crippen LogP contribution is -2.38. The molecule has 0 aliphatic carbocycles. The lowest BCUT2D eigenvalue weighted by molar-refractivity contribution is -0.133. The second-order valence-electron chi connectivity index (χ2n) is 6.01. The molecule has 1 aliphatic rings. The van der Waals surface area contributed by atoms with Crippen LogP contribution in [0.4, 0.5) is 0 Å². The van der Waals surface area contributed by atoms with Crippen LogP contribution in [-0.4, -0.2) is 27.5 Å². The number of hydrogen-bond donors (Lipinski definition) is 0. The van der Waals surface area contributed by atoms with E-state index in [1.54, 1.807) is 11.3 Å². The van der Waals surface area contributed by atoms with Crippen LogP contribution in [0.5, 0.6) is 0 Å². The van der Waals surface area contributed by atoms with Crippen LogP contribution in [0.15, 0.2) is 16.0 Å². The van der Waals surface area contributed by atoms with Gasteiger partial charge in [0.15, 0.2) is 5.82 Å². The van der Waals surface area contributed by atoms with Gasteiger partial charge in [-0.3, -0.25) is 4.79 Å². The van der Waals surface area contributed by atoms with Gasteiger partial charge in [-0.15, -0.1) is 11.3 Å². The molecule has 0 unspecified atom stereocenters. The van der Waals surface area contributed by atoms with E-state index in [4.69, 9.17) is 4.52 Å². The molecule has 22 heavy (non-hydrogen) atoms. The normalized spacial score (nSPS) is 17.8. The van der Waals surface area contributed by atoms with Crippen molar-refractivity contribution in [1.29, 1.82) is 0 Å². The second-order valence-corrected chi connectivity index (χ2v) is 7.01. The summed E-state index contributed by atoms with van der Waals surface area (Å²) in [5.74, 6) is 1.66. The van der Waals surface area contributed by atoms with Crippen LogP contribution in [0.3, 0.4) is 0 Å². The summed E-state index contributed by atoms with van der Waals surface area (Å²) in [6.07, 6.45) is 1.89. The quantitative estimate of drug-likeness (QED) is 0.867. The molecule has 0 N–H and O–H groups in total. The maximum Gasteiger partial charge on any atom is 0.227 e. The molecule has 3 heterocycles. The minimum Gasteiger partial charge on any atom is -0.339 e. The molecule has 0 spiro atoms. The average Bonchev–Trinajstić information content (AvgIpc) is 3.14. The molecule has 0 saturated heterocycles. The number of amides is 1. The Kier molecular flexibility index (Phi) is 4.29. The maximum atomic E-state index is 12.5. The van der Waals surface area contributed by atoms with Crippen LogP contribution < -0.4 is 0 Å². The molecule has 3 rings (SSSR count). The first-order chi connectivity index (χ1) is 10.6. The molecule has 2 aromatic heterocycles. The lowest BCUT2D eigenvalue weighted by Gasteiger charge is -2.33. The second kappa shape index (κ2) is 6.20. The first kappa shape index (κ1) is 15.2. The van der Waals surface area contributed by atoms with Crippen molar-refractivity contribution < 1.29 is 9.32 Å². The van der Waals surface area contributed by atoms with Gasteiger partial charge in [0, 0.05) is 30.2 Å². The number of aromatic nitrogens is 2. The molecule has 6 heteroatoms. The summed E-state index contributed by atoms with van der Waals surface area (Å²) in [5, 5.41) is 6.05. The van der Waals surface area contributed by atoms with Crippen molar-refractivity contribution in [3.8, 4) is 0 Å². The standard InChI is InChI=1S/C16H21N3O2S/c1-10(2)16-17-14(21-18-16)4-5-15(20)19-8-6-13-12(11(19)3)7-9-22-13/h7,9-11H,4-6,8H2,1-3H3/t11-/m1/s1. The number of rotatable bonds is 4. The highest BCUT2D eigenvalue weighted by Crippen LogP contribution is 2.33. The predicted molar refractivity (Wildman–Crippen MR) is 84.9 cm³/mol. The molecule has 1 aliphatic heterocycles. The summed E-state index contributed by atoms with van der Waals surface area (Å²) in [6, 6.07) is 2.30. The fourth-order valence-electron chi connectivity index (χ4n) is 2.81. The number of aryl methyl sites for hydroxylation is 1. The molecule has 5 nitrogen and oxygen atoms in total. The van der Waals surface area contributed by atoms with E-state index in [2.05, 4.69) is 28.5 Å². The van der Waals surface area contributed by atoms with Crippen molar-refractivity contribution in [2.24, 2.45) is 0 Å². The van der Waals surface area contributed by atoms with Crippen molar-refractivity contribution in [2.45, 2.75) is 52.0 Å². The monoisotopic (exact) mass is 319 g/mol. The van der Waals surface area contributed by atoms with Gasteiger partial charge >= 0.3 is 0 Å². The van der Waals surface area contributed by atoms with Crippen molar-refractivity contribution in [3.05, 3.63) is 33.6 Å². The lowest BCUT2D eigenvalue weighted by atomic mass is 10.0. The molecule has 118 valence electrons. The van der Waals surface area contributed by atoms with Gasteiger partial charge in [-0.2, -0.15) is 4.98 Å². The van der Waals surface area contributed by atoms with Crippen LogP contribution >= 0.6 is 11.3 Å². The highest BCUT2D eigenvalue weighted by Gasteiger charge is 2.28. The van der Waals surface area contributed by atoms with Crippen molar-refractivity contribution in [2.75, 3.05) is 6.54 Å². The molecule has 1 atom stereocenters. The Morgan fingerprint density at radius 3 is 3.09 bits per heavy atom. The third-order valence-corrected chi connectivity index (χ3v) is 5.15. The largest absolute Gasteiger partial charge is 0.339 e. The van der Waals surface area contributed by atoms with E-state index in [1.807, 2.05) is 18.7 Å². The van der Waals surface area contributed by atoms with Gasteiger partial charge in [-0.05, 0) is 30.4 Å². The molecule has 1 amide bonds. The van der Waals surface area contributed by atoms with Crippen LogP contribution in [0.2, 0.25) is 0 Å². The van der Waals surface area contributed by atoms with Gasteiger partial charge in [-0.25, -0.2) is 0 Å². The highest BCUT2D eigenvalue weighted by molar-refractivity contribution is 7.10. The van der Waals surface area contributed by atoms with E-state index in [1.165, 1.54) is 10.4 Å². The predicted octanol–water partition coefficient (Wildman–Crippen LogP) is 3.33.